The summed E-state index contributed by atoms with van der Waals surface area (Å²) in [4.78, 5) is 23.2. The minimum atomic E-state index is -0.0198. The Morgan fingerprint density at radius 3 is 2.83 bits per heavy atom. The van der Waals surface area contributed by atoms with Gasteiger partial charge in [-0.1, -0.05) is 0 Å². The number of fused-ring (bicyclic) bond motifs is 1. The van der Waals surface area contributed by atoms with E-state index in [4.69, 9.17) is 9.73 Å². The number of ether oxygens (including phenoxy) is 1. The number of guanidine groups is 1. The predicted octanol–water partition coefficient (Wildman–Crippen LogP) is 1.69. The van der Waals surface area contributed by atoms with Crippen LogP contribution >= 0.6 is 11.3 Å². The van der Waals surface area contributed by atoms with Crippen molar-refractivity contribution in [2.24, 2.45) is 4.99 Å². The molecule has 0 saturated carbocycles. The lowest BCUT2D eigenvalue weighted by atomic mass is 10.0. The van der Waals surface area contributed by atoms with Gasteiger partial charge in [-0.3, -0.25) is 14.7 Å². The van der Waals surface area contributed by atoms with Gasteiger partial charge >= 0.3 is 0 Å². The Bertz CT molecular complexity index is 697. The van der Waals surface area contributed by atoms with Crippen molar-refractivity contribution in [2.45, 2.75) is 45.7 Å². The first-order chi connectivity index (χ1) is 14.0. The Kier molecular flexibility index (Phi) is 7.91. The van der Waals surface area contributed by atoms with Crippen LogP contribution in [0.2, 0.25) is 0 Å². The SMILES string of the molecule is CCNC(=NCC(C)(C)N1CCOCC1)NCCC(=O)N1CCc2sccc2C1. The number of carbonyl (C=O) groups is 1. The van der Waals surface area contributed by atoms with E-state index in [0.717, 1.165) is 58.3 Å². The first-order valence-electron chi connectivity index (χ1n) is 10.7. The molecule has 2 aliphatic rings. The van der Waals surface area contributed by atoms with Gasteiger partial charge in [-0.05, 0) is 44.2 Å². The molecule has 29 heavy (non-hydrogen) atoms. The molecule has 1 amide bonds. The molecule has 0 radical (unpaired) electrons. The van der Waals surface area contributed by atoms with E-state index in [0.29, 0.717) is 19.5 Å². The lowest BCUT2D eigenvalue weighted by molar-refractivity contribution is -0.131. The third kappa shape index (κ3) is 6.17. The third-order valence-electron chi connectivity index (χ3n) is 5.63. The topological polar surface area (TPSA) is 69.2 Å². The fourth-order valence-corrected chi connectivity index (χ4v) is 4.68. The van der Waals surface area contributed by atoms with Gasteiger partial charge in [0, 0.05) is 56.1 Å². The molecular formula is C21H35N5O2S. The summed E-state index contributed by atoms with van der Waals surface area (Å²) in [7, 11) is 0. The maximum absolute atomic E-state index is 12.6. The molecule has 0 unspecified atom stereocenters. The van der Waals surface area contributed by atoms with Crippen LogP contribution in [0.15, 0.2) is 16.4 Å². The summed E-state index contributed by atoms with van der Waals surface area (Å²) in [6.07, 6.45) is 1.46. The van der Waals surface area contributed by atoms with Crippen molar-refractivity contribution >= 4 is 23.2 Å². The lowest BCUT2D eigenvalue weighted by Crippen LogP contribution is -2.52. The van der Waals surface area contributed by atoms with Gasteiger partial charge in [0.05, 0.1) is 19.8 Å². The van der Waals surface area contributed by atoms with Crippen LogP contribution in [0.3, 0.4) is 0 Å². The zero-order valence-electron chi connectivity index (χ0n) is 18.0. The van der Waals surface area contributed by atoms with E-state index in [1.54, 1.807) is 11.3 Å². The molecule has 1 aromatic rings. The summed E-state index contributed by atoms with van der Waals surface area (Å²) < 4.78 is 5.46. The second kappa shape index (κ2) is 10.4. The summed E-state index contributed by atoms with van der Waals surface area (Å²) in [5.74, 6) is 0.985. The van der Waals surface area contributed by atoms with Gasteiger partial charge in [0.1, 0.15) is 0 Å². The first kappa shape index (κ1) is 22.1. The van der Waals surface area contributed by atoms with Gasteiger partial charge in [0.2, 0.25) is 5.91 Å². The van der Waals surface area contributed by atoms with Crippen LogP contribution in [0.5, 0.6) is 0 Å². The molecule has 1 saturated heterocycles. The summed E-state index contributed by atoms with van der Waals surface area (Å²) in [5.41, 5.74) is 1.29. The van der Waals surface area contributed by atoms with E-state index < -0.39 is 0 Å². The fourth-order valence-electron chi connectivity index (χ4n) is 3.79. The van der Waals surface area contributed by atoms with Crippen molar-refractivity contribution in [1.82, 2.24) is 20.4 Å². The van der Waals surface area contributed by atoms with Crippen molar-refractivity contribution in [3.05, 3.63) is 21.9 Å². The molecule has 0 spiro atoms. The number of morpholine rings is 1. The number of carbonyl (C=O) groups excluding carboxylic acids is 1. The molecular weight excluding hydrogens is 386 g/mol. The van der Waals surface area contributed by atoms with Gasteiger partial charge in [-0.25, -0.2) is 0 Å². The minimum Gasteiger partial charge on any atom is -0.379 e. The second-order valence-corrected chi connectivity index (χ2v) is 9.22. The Labute approximate surface area is 178 Å². The molecule has 1 fully saturated rings. The zero-order chi connectivity index (χ0) is 20.7. The van der Waals surface area contributed by atoms with Crippen LogP contribution in [0.25, 0.3) is 0 Å². The number of hydrogen-bond donors (Lipinski definition) is 2. The van der Waals surface area contributed by atoms with Gasteiger partial charge in [0.25, 0.3) is 0 Å². The molecule has 3 rings (SSSR count). The van der Waals surface area contributed by atoms with Crippen molar-refractivity contribution in [2.75, 3.05) is 52.5 Å². The fraction of sp³-hybridized carbons (Fsp3) is 0.714. The Morgan fingerprint density at radius 2 is 2.07 bits per heavy atom. The van der Waals surface area contributed by atoms with Crippen LogP contribution in [0.4, 0.5) is 0 Å². The first-order valence-corrected chi connectivity index (χ1v) is 11.6. The summed E-state index contributed by atoms with van der Waals surface area (Å²) in [6.45, 7) is 13.6. The smallest absolute Gasteiger partial charge is 0.224 e. The van der Waals surface area contributed by atoms with E-state index in [2.05, 4.69) is 47.8 Å². The van der Waals surface area contributed by atoms with Crippen LogP contribution in [-0.4, -0.2) is 79.7 Å². The number of nitrogens with zero attached hydrogens (tertiary/aromatic N) is 3. The van der Waals surface area contributed by atoms with E-state index >= 15 is 0 Å². The highest BCUT2D eigenvalue weighted by atomic mass is 32.1. The maximum Gasteiger partial charge on any atom is 0.224 e. The molecule has 0 bridgehead atoms. The predicted molar refractivity (Wildman–Crippen MR) is 119 cm³/mol. The second-order valence-electron chi connectivity index (χ2n) is 8.22. The Hall–Kier alpha value is -1.64. The number of amides is 1. The monoisotopic (exact) mass is 421 g/mol. The van der Waals surface area contributed by atoms with Gasteiger partial charge in [0.15, 0.2) is 5.96 Å². The molecule has 8 heteroatoms. The van der Waals surface area contributed by atoms with E-state index in [9.17, 15) is 4.79 Å². The van der Waals surface area contributed by atoms with Crippen LogP contribution in [0.1, 0.15) is 37.6 Å². The number of thiophene rings is 1. The summed E-state index contributed by atoms with van der Waals surface area (Å²) in [5, 5.41) is 8.75. The van der Waals surface area contributed by atoms with Gasteiger partial charge in [-0.15, -0.1) is 11.3 Å². The summed E-state index contributed by atoms with van der Waals surface area (Å²) in [6, 6.07) is 2.14. The van der Waals surface area contributed by atoms with Crippen molar-refractivity contribution in [3.63, 3.8) is 0 Å². The summed E-state index contributed by atoms with van der Waals surface area (Å²) >= 11 is 1.80. The quantitative estimate of drug-likeness (QED) is 0.518. The molecule has 0 atom stereocenters. The average molecular weight is 422 g/mol. The van der Waals surface area contributed by atoms with Crippen molar-refractivity contribution < 1.29 is 9.53 Å². The van der Waals surface area contributed by atoms with Gasteiger partial charge in [-0.2, -0.15) is 0 Å². The minimum absolute atomic E-state index is 0.0198. The standard InChI is InChI=1S/C21H35N5O2S/c1-4-22-20(24-16-21(2,3)26-10-12-28-13-11-26)23-8-5-19(27)25-9-6-18-17(15-25)7-14-29-18/h7,14H,4-6,8-13,15-16H2,1-3H3,(H2,22,23,24). The molecule has 162 valence electrons. The normalized spacial score (nSPS) is 18.4. The number of nitrogens with one attached hydrogen (secondary N) is 2. The maximum atomic E-state index is 12.6. The highest BCUT2D eigenvalue weighted by Gasteiger charge is 2.28. The van der Waals surface area contributed by atoms with E-state index in [-0.39, 0.29) is 11.4 Å². The largest absolute Gasteiger partial charge is 0.379 e. The molecule has 0 aromatic carbocycles. The Balaban J connectivity index is 1.46. The van der Waals surface area contributed by atoms with E-state index in [1.165, 1.54) is 10.4 Å². The third-order valence-corrected chi connectivity index (χ3v) is 6.65. The van der Waals surface area contributed by atoms with Crippen LogP contribution in [0, 0.1) is 0 Å². The van der Waals surface area contributed by atoms with Crippen LogP contribution < -0.4 is 10.6 Å². The number of rotatable bonds is 7. The molecule has 3 heterocycles. The van der Waals surface area contributed by atoms with E-state index in [1.807, 2.05) is 4.90 Å². The Morgan fingerprint density at radius 1 is 1.28 bits per heavy atom. The lowest BCUT2D eigenvalue weighted by Gasteiger charge is -2.39. The molecule has 0 aliphatic carbocycles. The van der Waals surface area contributed by atoms with Crippen LogP contribution in [-0.2, 0) is 22.5 Å². The highest BCUT2D eigenvalue weighted by molar-refractivity contribution is 7.10. The van der Waals surface area contributed by atoms with Crippen molar-refractivity contribution in [1.29, 1.82) is 0 Å². The number of hydrogen-bond acceptors (Lipinski definition) is 5. The van der Waals surface area contributed by atoms with Crippen molar-refractivity contribution in [3.8, 4) is 0 Å². The molecule has 7 nitrogen and oxygen atoms in total. The molecule has 1 aromatic heterocycles. The number of aliphatic imine (C=N–C) groups is 1. The van der Waals surface area contributed by atoms with Gasteiger partial charge < -0.3 is 20.3 Å². The highest BCUT2D eigenvalue weighted by Crippen LogP contribution is 2.24. The zero-order valence-corrected chi connectivity index (χ0v) is 18.8. The molecule has 2 N–H and O–H groups in total. The molecule has 2 aliphatic heterocycles. The average Bonchev–Trinajstić information content (AvgIpc) is 3.20.